The smallest absolute Gasteiger partial charge is 0.272 e. The molecule has 1 aliphatic rings. The quantitative estimate of drug-likeness (QED) is 0.360. The average Bonchev–Trinajstić information content (AvgIpc) is 3.67. The summed E-state index contributed by atoms with van der Waals surface area (Å²) in [5.74, 6) is -0.0485. The van der Waals surface area contributed by atoms with Crippen molar-refractivity contribution in [2.24, 2.45) is 0 Å². The van der Waals surface area contributed by atoms with Gasteiger partial charge >= 0.3 is 0 Å². The van der Waals surface area contributed by atoms with Crippen LogP contribution in [0.25, 0.3) is 0 Å². The van der Waals surface area contributed by atoms with Crippen LogP contribution in [-0.4, -0.2) is 45.4 Å². The number of rotatable bonds is 12. The van der Waals surface area contributed by atoms with Gasteiger partial charge in [-0.15, -0.1) is 0 Å². The van der Waals surface area contributed by atoms with Gasteiger partial charge in [-0.05, 0) is 49.9 Å². The van der Waals surface area contributed by atoms with Crippen molar-refractivity contribution >= 4 is 11.8 Å². The lowest BCUT2D eigenvalue weighted by Crippen LogP contribution is -2.46. The Hall–Kier alpha value is -3.65. The zero-order valence-electron chi connectivity index (χ0n) is 19.1. The highest BCUT2D eigenvalue weighted by molar-refractivity contribution is 5.95. The summed E-state index contributed by atoms with van der Waals surface area (Å²) in [6.45, 7) is 1.19. The van der Waals surface area contributed by atoms with Gasteiger partial charge in [0.05, 0.1) is 18.4 Å². The van der Waals surface area contributed by atoms with E-state index in [0.717, 1.165) is 31.5 Å². The maximum atomic E-state index is 12.9. The van der Waals surface area contributed by atoms with Crippen molar-refractivity contribution in [3.63, 3.8) is 0 Å². The Morgan fingerprint density at radius 3 is 2.59 bits per heavy atom. The highest BCUT2D eigenvalue weighted by atomic mass is 16.2. The molecule has 0 spiro atoms. The van der Waals surface area contributed by atoms with Crippen LogP contribution in [0.5, 0.6) is 0 Å². The van der Waals surface area contributed by atoms with Crippen LogP contribution in [0.3, 0.4) is 0 Å². The number of benzene rings is 1. The molecule has 0 radical (unpaired) electrons. The SMILES string of the molecule is O=C(NC(CCCCNC1CC1c1ccccc1)C(=O)NCc1ccccn1)c1cnccn1. The number of hydrogen-bond acceptors (Lipinski definition) is 6. The molecule has 1 aliphatic carbocycles. The second-order valence-electron chi connectivity index (χ2n) is 8.46. The lowest BCUT2D eigenvalue weighted by Gasteiger charge is -2.18. The van der Waals surface area contributed by atoms with Gasteiger partial charge in [0.2, 0.25) is 5.91 Å². The zero-order chi connectivity index (χ0) is 23.6. The number of unbranched alkanes of at least 4 members (excludes halogenated alkanes) is 1. The van der Waals surface area contributed by atoms with E-state index < -0.39 is 11.9 Å². The highest BCUT2D eigenvalue weighted by Crippen LogP contribution is 2.40. The highest BCUT2D eigenvalue weighted by Gasteiger charge is 2.37. The number of nitrogens with zero attached hydrogens (tertiary/aromatic N) is 3. The van der Waals surface area contributed by atoms with Gasteiger partial charge in [-0.3, -0.25) is 19.6 Å². The van der Waals surface area contributed by atoms with Gasteiger partial charge < -0.3 is 16.0 Å². The third-order valence-electron chi connectivity index (χ3n) is 5.93. The molecule has 4 rings (SSSR count). The first kappa shape index (κ1) is 23.5. The fourth-order valence-corrected chi connectivity index (χ4v) is 3.97. The van der Waals surface area contributed by atoms with Crippen LogP contribution >= 0.6 is 0 Å². The minimum absolute atomic E-state index is 0.187. The molecule has 0 saturated heterocycles. The topological polar surface area (TPSA) is 109 Å². The van der Waals surface area contributed by atoms with Gasteiger partial charge in [-0.25, -0.2) is 4.98 Å². The van der Waals surface area contributed by atoms with Crippen molar-refractivity contribution in [1.82, 2.24) is 30.9 Å². The summed E-state index contributed by atoms with van der Waals surface area (Å²) in [5.41, 5.74) is 2.33. The molecule has 0 bridgehead atoms. The normalized spacial score (nSPS) is 17.5. The predicted molar refractivity (Wildman–Crippen MR) is 129 cm³/mol. The number of hydrogen-bond donors (Lipinski definition) is 3. The van der Waals surface area contributed by atoms with Gasteiger partial charge in [-0.1, -0.05) is 36.4 Å². The second kappa shape index (κ2) is 12.0. The minimum atomic E-state index is -0.656. The van der Waals surface area contributed by atoms with Crippen molar-refractivity contribution in [3.8, 4) is 0 Å². The van der Waals surface area contributed by atoms with E-state index in [4.69, 9.17) is 0 Å². The first-order valence-corrected chi connectivity index (χ1v) is 11.7. The summed E-state index contributed by atoms with van der Waals surface area (Å²) >= 11 is 0. The summed E-state index contributed by atoms with van der Waals surface area (Å²) in [4.78, 5) is 37.6. The molecule has 2 aromatic heterocycles. The van der Waals surface area contributed by atoms with Gasteiger partial charge in [0, 0.05) is 30.6 Å². The largest absolute Gasteiger partial charge is 0.349 e. The summed E-state index contributed by atoms with van der Waals surface area (Å²) in [6, 6.07) is 16.0. The Bertz CT molecular complexity index is 1050. The van der Waals surface area contributed by atoms with Crippen LogP contribution in [0, 0.1) is 0 Å². The standard InChI is InChI=1S/C26H30N6O2/c33-25(31-17-20-10-4-6-12-28-20)22(32-26(34)24-18-27-14-15-30-24)11-5-7-13-29-23-16-21(23)19-8-2-1-3-9-19/h1-4,6,8-10,12,14-15,18,21-23,29H,5,7,11,13,16-17H2,(H,31,33)(H,32,34). The molecule has 2 amide bonds. The van der Waals surface area contributed by atoms with Crippen LogP contribution < -0.4 is 16.0 Å². The van der Waals surface area contributed by atoms with E-state index >= 15 is 0 Å². The lowest BCUT2D eigenvalue weighted by atomic mass is 10.1. The molecule has 2 heterocycles. The molecular weight excluding hydrogens is 428 g/mol. The van der Waals surface area contributed by atoms with Crippen molar-refractivity contribution in [2.45, 2.75) is 50.2 Å². The van der Waals surface area contributed by atoms with Crippen LogP contribution in [0.2, 0.25) is 0 Å². The number of carbonyl (C=O) groups excluding carboxylic acids is 2. The van der Waals surface area contributed by atoms with Gasteiger partial charge in [-0.2, -0.15) is 0 Å². The third-order valence-corrected chi connectivity index (χ3v) is 5.93. The van der Waals surface area contributed by atoms with E-state index in [9.17, 15) is 9.59 Å². The molecular formula is C26H30N6O2. The Labute approximate surface area is 199 Å². The number of pyridine rings is 1. The molecule has 176 valence electrons. The zero-order valence-corrected chi connectivity index (χ0v) is 19.1. The molecule has 3 unspecified atom stereocenters. The molecule has 34 heavy (non-hydrogen) atoms. The van der Waals surface area contributed by atoms with E-state index in [0.29, 0.717) is 24.9 Å². The number of aromatic nitrogens is 3. The molecule has 1 saturated carbocycles. The first-order valence-electron chi connectivity index (χ1n) is 11.7. The molecule has 1 aromatic carbocycles. The molecule has 3 atom stereocenters. The third kappa shape index (κ3) is 6.92. The van der Waals surface area contributed by atoms with Crippen LogP contribution in [0.1, 0.15) is 53.3 Å². The van der Waals surface area contributed by atoms with Crippen molar-refractivity contribution in [1.29, 1.82) is 0 Å². The lowest BCUT2D eigenvalue weighted by molar-refractivity contribution is -0.123. The maximum absolute atomic E-state index is 12.9. The Balaban J connectivity index is 1.24. The van der Waals surface area contributed by atoms with Crippen LogP contribution in [0.4, 0.5) is 0 Å². The van der Waals surface area contributed by atoms with Crippen molar-refractivity contribution in [3.05, 3.63) is 90.3 Å². The minimum Gasteiger partial charge on any atom is -0.349 e. The average molecular weight is 459 g/mol. The number of nitrogens with one attached hydrogen (secondary N) is 3. The summed E-state index contributed by atoms with van der Waals surface area (Å²) < 4.78 is 0. The van der Waals surface area contributed by atoms with Gasteiger partial charge in [0.1, 0.15) is 11.7 Å². The Morgan fingerprint density at radius 2 is 1.82 bits per heavy atom. The number of amides is 2. The second-order valence-corrected chi connectivity index (χ2v) is 8.46. The van der Waals surface area contributed by atoms with Gasteiger partial charge in [0.25, 0.3) is 5.91 Å². The van der Waals surface area contributed by atoms with E-state index in [1.807, 2.05) is 24.3 Å². The van der Waals surface area contributed by atoms with Crippen LogP contribution in [0.15, 0.2) is 73.3 Å². The molecule has 3 aromatic rings. The predicted octanol–water partition coefficient (Wildman–Crippen LogP) is 2.60. The Morgan fingerprint density at radius 1 is 0.971 bits per heavy atom. The van der Waals surface area contributed by atoms with E-state index in [-0.39, 0.29) is 11.6 Å². The van der Waals surface area contributed by atoms with E-state index in [1.165, 1.54) is 24.2 Å². The molecule has 1 fully saturated rings. The summed E-state index contributed by atoms with van der Waals surface area (Å²) in [6.07, 6.45) is 9.46. The fraction of sp³-hybridized carbons (Fsp3) is 0.346. The maximum Gasteiger partial charge on any atom is 0.272 e. The van der Waals surface area contributed by atoms with Crippen molar-refractivity contribution in [2.75, 3.05) is 6.54 Å². The molecule has 8 heteroatoms. The molecule has 3 N–H and O–H groups in total. The fourth-order valence-electron chi connectivity index (χ4n) is 3.97. The van der Waals surface area contributed by atoms with Gasteiger partial charge in [0.15, 0.2) is 0 Å². The van der Waals surface area contributed by atoms with Crippen molar-refractivity contribution < 1.29 is 9.59 Å². The monoisotopic (exact) mass is 458 g/mol. The van der Waals surface area contributed by atoms with E-state index in [2.05, 4.69) is 55.2 Å². The first-order chi connectivity index (χ1) is 16.7. The Kier molecular flexibility index (Phi) is 8.29. The summed E-state index contributed by atoms with van der Waals surface area (Å²) in [5, 5.41) is 9.30. The van der Waals surface area contributed by atoms with Crippen LogP contribution in [-0.2, 0) is 11.3 Å². The molecule has 0 aliphatic heterocycles. The van der Waals surface area contributed by atoms with E-state index in [1.54, 1.807) is 6.20 Å². The summed E-state index contributed by atoms with van der Waals surface area (Å²) in [7, 11) is 0. The number of carbonyl (C=O) groups is 2. The molecule has 8 nitrogen and oxygen atoms in total.